The van der Waals surface area contributed by atoms with E-state index in [1.54, 1.807) is 25.1 Å². The highest BCUT2D eigenvalue weighted by Gasteiger charge is 2.13. The fraction of sp³-hybridized carbons (Fsp3) is 0.250. The first-order valence-corrected chi connectivity index (χ1v) is 11.7. The molecule has 188 valence electrons. The highest BCUT2D eigenvalue weighted by Crippen LogP contribution is 2.29. The molecule has 0 spiro atoms. The van der Waals surface area contributed by atoms with Gasteiger partial charge in [0, 0.05) is 0 Å². The molecule has 0 aliphatic rings. The molecule has 3 aromatic carbocycles. The molecule has 1 unspecified atom stereocenters. The molecule has 0 fully saturated rings. The van der Waals surface area contributed by atoms with E-state index >= 15 is 0 Å². The molecule has 1 N–H and O–H groups in total. The number of rotatable bonds is 11. The van der Waals surface area contributed by atoms with E-state index in [-0.39, 0.29) is 17.9 Å². The van der Waals surface area contributed by atoms with Crippen LogP contribution in [0.1, 0.15) is 54.6 Å². The maximum Gasteiger partial charge on any atom is 0.343 e. The first kappa shape index (κ1) is 26.4. The van der Waals surface area contributed by atoms with E-state index in [9.17, 15) is 14.0 Å². The van der Waals surface area contributed by atoms with Crippen LogP contribution in [0.4, 0.5) is 4.39 Å². The van der Waals surface area contributed by atoms with Crippen molar-refractivity contribution < 1.29 is 28.2 Å². The average molecular weight is 493 g/mol. The molecule has 0 radical (unpaired) electrons. The van der Waals surface area contributed by atoms with Crippen LogP contribution in [0.25, 0.3) is 0 Å². The van der Waals surface area contributed by atoms with Gasteiger partial charge in [0.15, 0.2) is 18.1 Å². The number of hydrazone groups is 1. The summed E-state index contributed by atoms with van der Waals surface area (Å²) in [7, 11) is 0. The van der Waals surface area contributed by atoms with Crippen LogP contribution >= 0.6 is 0 Å². The molecule has 7 nitrogen and oxygen atoms in total. The minimum absolute atomic E-state index is 0.178. The number of benzene rings is 3. The molecule has 1 atom stereocenters. The van der Waals surface area contributed by atoms with Crippen molar-refractivity contribution >= 4 is 18.1 Å². The third-order valence-electron chi connectivity index (χ3n) is 5.38. The van der Waals surface area contributed by atoms with Crippen molar-refractivity contribution in [2.24, 2.45) is 5.10 Å². The van der Waals surface area contributed by atoms with Gasteiger partial charge in [0.05, 0.1) is 18.4 Å². The Morgan fingerprint density at radius 1 is 0.972 bits per heavy atom. The standard InChI is InChI=1S/C28H29FN2O5/c1-4-19(3)21-9-13-24(14-10-21)35-18-27(32)31-30-17-20-6-15-25(26(16-20)34-5-2)36-28(33)22-7-11-23(29)12-8-22/h6-17,19H,4-5,18H2,1-3H3,(H,31,32). The molecule has 0 heterocycles. The lowest BCUT2D eigenvalue weighted by Gasteiger charge is -2.11. The molecule has 0 aliphatic heterocycles. The van der Waals surface area contributed by atoms with Gasteiger partial charge >= 0.3 is 5.97 Å². The number of hydrogen-bond acceptors (Lipinski definition) is 6. The minimum atomic E-state index is -0.640. The Hall–Kier alpha value is -4.20. The molecular weight excluding hydrogens is 463 g/mol. The summed E-state index contributed by atoms with van der Waals surface area (Å²) in [6.07, 6.45) is 2.49. The van der Waals surface area contributed by atoms with Gasteiger partial charge in [0.2, 0.25) is 0 Å². The van der Waals surface area contributed by atoms with Gasteiger partial charge < -0.3 is 14.2 Å². The topological polar surface area (TPSA) is 86.2 Å². The molecule has 3 aromatic rings. The predicted octanol–water partition coefficient (Wildman–Crippen LogP) is 5.49. The molecule has 0 aliphatic carbocycles. The van der Waals surface area contributed by atoms with E-state index < -0.39 is 17.7 Å². The summed E-state index contributed by atoms with van der Waals surface area (Å²) in [4.78, 5) is 24.4. The van der Waals surface area contributed by atoms with Gasteiger partial charge in [-0.05, 0) is 85.0 Å². The van der Waals surface area contributed by atoms with Crippen LogP contribution in [0.5, 0.6) is 17.2 Å². The molecule has 0 saturated carbocycles. The number of hydrogen-bond donors (Lipinski definition) is 1. The number of nitrogens with one attached hydrogen (secondary N) is 1. The Morgan fingerprint density at radius 3 is 2.36 bits per heavy atom. The third-order valence-corrected chi connectivity index (χ3v) is 5.38. The number of amides is 1. The summed E-state index contributed by atoms with van der Waals surface area (Å²) in [5, 5.41) is 3.95. The number of esters is 1. The van der Waals surface area contributed by atoms with E-state index in [0.29, 0.717) is 29.6 Å². The fourth-order valence-electron chi connectivity index (χ4n) is 3.19. The van der Waals surface area contributed by atoms with Gasteiger partial charge in [0.1, 0.15) is 11.6 Å². The first-order valence-electron chi connectivity index (χ1n) is 11.7. The maximum absolute atomic E-state index is 13.1. The Morgan fingerprint density at radius 2 is 1.69 bits per heavy atom. The van der Waals surface area contributed by atoms with Crippen LogP contribution in [0.15, 0.2) is 71.8 Å². The zero-order chi connectivity index (χ0) is 25.9. The predicted molar refractivity (Wildman–Crippen MR) is 135 cm³/mol. The average Bonchev–Trinajstić information content (AvgIpc) is 2.89. The molecule has 0 saturated heterocycles. The van der Waals surface area contributed by atoms with Crippen molar-refractivity contribution in [3.63, 3.8) is 0 Å². The summed E-state index contributed by atoms with van der Waals surface area (Å²) in [5.41, 5.74) is 4.46. The lowest BCUT2D eigenvalue weighted by molar-refractivity contribution is -0.123. The summed E-state index contributed by atoms with van der Waals surface area (Å²) in [6.45, 7) is 6.25. The summed E-state index contributed by atoms with van der Waals surface area (Å²) >= 11 is 0. The van der Waals surface area contributed by atoms with Crippen LogP contribution in [0.3, 0.4) is 0 Å². The van der Waals surface area contributed by atoms with E-state index in [1.165, 1.54) is 36.0 Å². The van der Waals surface area contributed by atoms with Crippen LogP contribution in [-0.4, -0.2) is 31.3 Å². The van der Waals surface area contributed by atoms with Gasteiger partial charge in [-0.3, -0.25) is 4.79 Å². The molecular formula is C28H29FN2O5. The molecule has 0 bridgehead atoms. The van der Waals surface area contributed by atoms with E-state index in [0.717, 1.165) is 6.42 Å². The normalized spacial score (nSPS) is 11.7. The Balaban J connectivity index is 1.55. The highest BCUT2D eigenvalue weighted by molar-refractivity contribution is 5.91. The van der Waals surface area contributed by atoms with E-state index in [1.807, 2.05) is 24.3 Å². The highest BCUT2D eigenvalue weighted by atomic mass is 19.1. The number of carbonyl (C=O) groups is 2. The molecule has 1 amide bonds. The summed E-state index contributed by atoms with van der Waals surface area (Å²) in [5.74, 6) is 0.113. The number of halogens is 1. The summed E-state index contributed by atoms with van der Waals surface area (Å²) < 4.78 is 29.6. The summed E-state index contributed by atoms with van der Waals surface area (Å²) in [6, 6.07) is 17.6. The van der Waals surface area contributed by atoms with Crippen molar-refractivity contribution in [2.45, 2.75) is 33.1 Å². The monoisotopic (exact) mass is 492 g/mol. The minimum Gasteiger partial charge on any atom is -0.490 e. The van der Waals surface area contributed by atoms with Crippen molar-refractivity contribution in [1.29, 1.82) is 0 Å². The van der Waals surface area contributed by atoms with Crippen LogP contribution in [0.2, 0.25) is 0 Å². The van der Waals surface area contributed by atoms with Crippen LogP contribution in [-0.2, 0) is 4.79 Å². The lowest BCUT2D eigenvalue weighted by atomic mass is 9.99. The van der Waals surface area contributed by atoms with Crippen molar-refractivity contribution in [3.8, 4) is 17.2 Å². The smallest absolute Gasteiger partial charge is 0.343 e. The van der Waals surface area contributed by atoms with Crippen LogP contribution in [0, 0.1) is 5.82 Å². The van der Waals surface area contributed by atoms with Crippen LogP contribution < -0.4 is 19.6 Å². The van der Waals surface area contributed by atoms with Gasteiger partial charge in [-0.25, -0.2) is 14.6 Å². The fourth-order valence-corrected chi connectivity index (χ4v) is 3.19. The second-order valence-corrected chi connectivity index (χ2v) is 8.00. The lowest BCUT2D eigenvalue weighted by Crippen LogP contribution is -2.24. The van der Waals surface area contributed by atoms with E-state index in [2.05, 4.69) is 24.4 Å². The number of carbonyl (C=O) groups excluding carboxylic acids is 2. The van der Waals surface area contributed by atoms with Crippen molar-refractivity contribution in [3.05, 3.63) is 89.2 Å². The Bertz CT molecular complexity index is 1190. The number of nitrogens with zero attached hydrogens (tertiary/aromatic N) is 1. The quantitative estimate of drug-likeness (QED) is 0.166. The third kappa shape index (κ3) is 7.66. The molecule has 0 aromatic heterocycles. The largest absolute Gasteiger partial charge is 0.490 e. The molecule has 36 heavy (non-hydrogen) atoms. The first-order chi connectivity index (χ1) is 17.4. The van der Waals surface area contributed by atoms with Crippen molar-refractivity contribution in [2.75, 3.05) is 13.2 Å². The zero-order valence-corrected chi connectivity index (χ0v) is 20.5. The molecule has 3 rings (SSSR count). The zero-order valence-electron chi connectivity index (χ0n) is 20.5. The Labute approximate surface area is 209 Å². The maximum atomic E-state index is 13.1. The van der Waals surface area contributed by atoms with Gasteiger partial charge in [-0.1, -0.05) is 26.0 Å². The number of ether oxygens (including phenoxy) is 3. The van der Waals surface area contributed by atoms with E-state index in [4.69, 9.17) is 14.2 Å². The van der Waals surface area contributed by atoms with Gasteiger partial charge in [0.25, 0.3) is 5.91 Å². The molecule has 8 heteroatoms. The SMILES string of the molecule is CCOc1cc(C=NNC(=O)COc2ccc(C(C)CC)cc2)ccc1OC(=O)c1ccc(F)cc1. The Kier molecular flexibility index (Phi) is 9.56. The second kappa shape index (κ2) is 13.0. The van der Waals surface area contributed by atoms with Gasteiger partial charge in [-0.15, -0.1) is 0 Å². The second-order valence-electron chi connectivity index (χ2n) is 8.00. The van der Waals surface area contributed by atoms with Crippen molar-refractivity contribution in [1.82, 2.24) is 5.43 Å². The van der Waals surface area contributed by atoms with Gasteiger partial charge in [-0.2, -0.15) is 5.10 Å².